The van der Waals surface area contributed by atoms with Gasteiger partial charge in [0.2, 0.25) is 0 Å². The van der Waals surface area contributed by atoms with Crippen molar-refractivity contribution >= 4 is 17.1 Å². The summed E-state index contributed by atoms with van der Waals surface area (Å²) in [4.78, 5) is 2.59. The zero-order chi connectivity index (χ0) is 49.2. The average Bonchev–Trinajstić information content (AvgIpc) is 4.17. The summed E-state index contributed by atoms with van der Waals surface area (Å²) in [5.74, 6) is 0. The number of rotatable bonds is 6. The Labute approximate surface area is 438 Å². The fraction of sp³-hybridized carbons (Fsp3) is 0.0270. The van der Waals surface area contributed by atoms with Crippen molar-refractivity contribution in [3.63, 3.8) is 0 Å². The minimum Gasteiger partial charge on any atom is -0.310 e. The normalized spacial score (nSPS) is 13.8. The van der Waals surface area contributed by atoms with Gasteiger partial charge in [-0.1, -0.05) is 255 Å². The van der Waals surface area contributed by atoms with E-state index in [1.54, 1.807) is 0 Å². The predicted molar refractivity (Wildman–Crippen MR) is 310 cm³/mol. The van der Waals surface area contributed by atoms with Gasteiger partial charge in [-0.15, -0.1) is 0 Å². The third-order valence-electron chi connectivity index (χ3n) is 17.1. The summed E-state index contributed by atoms with van der Waals surface area (Å²) in [5.41, 5.74) is 30.3. The molecule has 0 saturated heterocycles. The predicted octanol–water partition coefficient (Wildman–Crippen LogP) is 18.8. The number of benzene rings is 12. The maximum absolute atomic E-state index is 2.59. The molecule has 1 heteroatoms. The van der Waals surface area contributed by atoms with Gasteiger partial charge < -0.3 is 4.90 Å². The van der Waals surface area contributed by atoms with E-state index in [0.29, 0.717) is 0 Å². The van der Waals surface area contributed by atoms with Crippen LogP contribution < -0.4 is 4.90 Å². The Kier molecular flexibility index (Phi) is 8.94. The molecule has 0 N–H and O–H groups in total. The molecular weight excluding hydrogens is 903 g/mol. The van der Waals surface area contributed by atoms with Gasteiger partial charge in [0.05, 0.1) is 16.5 Å². The summed E-state index contributed by atoms with van der Waals surface area (Å²) >= 11 is 0. The lowest BCUT2D eigenvalue weighted by Gasteiger charge is -2.34. The third-order valence-corrected chi connectivity index (χ3v) is 17.1. The van der Waals surface area contributed by atoms with Gasteiger partial charge >= 0.3 is 0 Å². The zero-order valence-corrected chi connectivity index (χ0v) is 41.1. The van der Waals surface area contributed by atoms with Crippen LogP contribution in [-0.4, -0.2) is 0 Å². The van der Waals surface area contributed by atoms with Gasteiger partial charge in [-0.2, -0.15) is 0 Å². The molecule has 12 aromatic carbocycles. The summed E-state index contributed by atoms with van der Waals surface area (Å²) in [5, 5.41) is 0. The van der Waals surface area contributed by atoms with Crippen LogP contribution in [0, 0.1) is 0 Å². The molecule has 16 rings (SSSR count). The number of nitrogens with zero attached hydrogens (tertiary/aromatic N) is 1. The van der Waals surface area contributed by atoms with Crippen molar-refractivity contribution in [3.05, 3.63) is 330 Å². The molecule has 0 fully saturated rings. The molecule has 4 aliphatic carbocycles. The summed E-state index contributed by atoms with van der Waals surface area (Å²) in [6.45, 7) is 0. The van der Waals surface area contributed by atoms with Crippen molar-refractivity contribution in [1.29, 1.82) is 0 Å². The lowest BCUT2D eigenvalue weighted by Crippen LogP contribution is -2.26. The van der Waals surface area contributed by atoms with Crippen molar-refractivity contribution < 1.29 is 0 Å². The van der Waals surface area contributed by atoms with Crippen molar-refractivity contribution in [2.75, 3.05) is 4.90 Å². The number of anilines is 3. The molecular formula is C74H47N. The second-order valence-corrected chi connectivity index (χ2v) is 20.5. The molecule has 0 unspecified atom stereocenters. The summed E-state index contributed by atoms with van der Waals surface area (Å²) in [6, 6.07) is 107. The molecule has 75 heavy (non-hydrogen) atoms. The molecule has 0 bridgehead atoms. The fourth-order valence-corrected chi connectivity index (χ4v) is 14.3. The molecule has 0 aliphatic heterocycles. The van der Waals surface area contributed by atoms with Gasteiger partial charge in [0.15, 0.2) is 0 Å². The number of fused-ring (bicyclic) bond motifs is 20. The third kappa shape index (κ3) is 5.62. The van der Waals surface area contributed by atoms with Crippen molar-refractivity contribution in [2.45, 2.75) is 10.8 Å². The Balaban J connectivity index is 1.02. The molecule has 0 radical (unpaired) electrons. The zero-order valence-electron chi connectivity index (χ0n) is 41.1. The van der Waals surface area contributed by atoms with E-state index in [-0.39, 0.29) is 0 Å². The molecule has 0 aromatic heterocycles. The van der Waals surface area contributed by atoms with Gasteiger partial charge in [-0.3, -0.25) is 0 Å². The van der Waals surface area contributed by atoms with Gasteiger partial charge in [-0.05, 0) is 147 Å². The van der Waals surface area contributed by atoms with E-state index in [2.05, 4.69) is 290 Å². The standard InChI is InChI=1S/C74H47N/c1-3-22-48(23-4-1)52-26-7-8-27-53(52)62-34-21-41-71(72(62)49-24-5-2-6-25-49)75(50-42-44-60-58-32-13-19-39-67(58)73(69(60)46-50)63-35-15-9-28-54(63)55-29-10-16-36-64(55)73)51-43-45-61-59-33-14-20-40-68(59)74(70(61)47-51)65-37-17-11-30-56(65)57-31-12-18-38-66(57)74/h1-47H. The lowest BCUT2D eigenvalue weighted by atomic mass is 9.70. The largest absolute Gasteiger partial charge is 0.310 e. The minimum absolute atomic E-state index is 0.513. The van der Waals surface area contributed by atoms with Gasteiger partial charge in [0.1, 0.15) is 0 Å². The Morgan fingerprint density at radius 2 is 0.507 bits per heavy atom. The highest BCUT2D eigenvalue weighted by molar-refractivity contribution is 6.03. The summed E-state index contributed by atoms with van der Waals surface area (Å²) in [7, 11) is 0. The SMILES string of the molecule is c1ccc(-c2ccccc2-c2cccc(N(c3ccc4c(c3)C3(c5ccccc5-c5ccccc53)c3ccccc3-4)c3ccc4c(c3)C3(c5ccccc5-c5ccccc53)c3ccccc3-4)c2-c2ccccc2)cc1. The number of hydrogen-bond donors (Lipinski definition) is 0. The Hall–Kier alpha value is -9.56. The molecule has 0 heterocycles. The maximum atomic E-state index is 2.59. The Bertz CT molecular complexity index is 3990. The highest BCUT2D eigenvalue weighted by Crippen LogP contribution is 2.66. The quantitative estimate of drug-likeness (QED) is 0.161. The van der Waals surface area contributed by atoms with E-state index < -0.39 is 10.8 Å². The van der Waals surface area contributed by atoms with E-state index in [0.717, 1.165) is 22.6 Å². The topological polar surface area (TPSA) is 3.24 Å². The highest BCUT2D eigenvalue weighted by atomic mass is 15.1. The van der Waals surface area contributed by atoms with Crippen molar-refractivity contribution in [3.8, 4) is 77.9 Å². The van der Waals surface area contributed by atoms with Crippen LogP contribution in [0.4, 0.5) is 17.1 Å². The van der Waals surface area contributed by atoms with Gasteiger partial charge in [0, 0.05) is 16.9 Å². The first kappa shape index (κ1) is 42.0. The molecule has 0 saturated carbocycles. The van der Waals surface area contributed by atoms with E-state index >= 15 is 0 Å². The van der Waals surface area contributed by atoms with Crippen LogP contribution in [0.5, 0.6) is 0 Å². The van der Waals surface area contributed by atoms with Crippen LogP contribution in [0.25, 0.3) is 77.9 Å². The molecule has 348 valence electrons. The van der Waals surface area contributed by atoms with Crippen LogP contribution in [0.2, 0.25) is 0 Å². The maximum Gasteiger partial charge on any atom is 0.0726 e. The molecule has 4 aliphatic rings. The first-order valence-corrected chi connectivity index (χ1v) is 26.3. The summed E-state index contributed by atoms with van der Waals surface area (Å²) in [6.07, 6.45) is 0. The first-order valence-electron chi connectivity index (χ1n) is 26.3. The van der Waals surface area contributed by atoms with Crippen molar-refractivity contribution in [1.82, 2.24) is 0 Å². The van der Waals surface area contributed by atoms with Crippen LogP contribution in [-0.2, 0) is 10.8 Å². The van der Waals surface area contributed by atoms with Gasteiger partial charge in [0.25, 0.3) is 0 Å². The lowest BCUT2D eigenvalue weighted by molar-refractivity contribution is 0.792. The van der Waals surface area contributed by atoms with Crippen LogP contribution >= 0.6 is 0 Å². The van der Waals surface area contributed by atoms with Crippen LogP contribution in [0.15, 0.2) is 285 Å². The van der Waals surface area contributed by atoms with Crippen molar-refractivity contribution in [2.24, 2.45) is 0 Å². The van der Waals surface area contributed by atoms with Gasteiger partial charge in [-0.25, -0.2) is 0 Å². The highest BCUT2D eigenvalue weighted by Gasteiger charge is 2.53. The molecule has 12 aromatic rings. The van der Waals surface area contributed by atoms with E-state index in [1.807, 2.05) is 0 Å². The smallest absolute Gasteiger partial charge is 0.0726 e. The fourth-order valence-electron chi connectivity index (χ4n) is 14.3. The molecule has 0 atom stereocenters. The molecule has 1 nitrogen and oxygen atoms in total. The monoisotopic (exact) mass is 949 g/mol. The van der Waals surface area contributed by atoms with E-state index in [1.165, 1.54) is 117 Å². The van der Waals surface area contributed by atoms with E-state index in [4.69, 9.17) is 0 Å². The molecule has 0 amide bonds. The first-order chi connectivity index (χ1) is 37.2. The van der Waals surface area contributed by atoms with Crippen LogP contribution in [0.1, 0.15) is 44.5 Å². The second-order valence-electron chi connectivity index (χ2n) is 20.5. The van der Waals surface area contributed by atoms with Crippen LogP contribution in [0.3, 0.4) is 0 Å². The van der Waals surface area contributed by atoms with E-state index in [9.17, 15) is 0 Å². The average molecular weight is 950 g/mol. The minimum atomic E-state index is -0.513. The Morgan fingerprint density at radius 3 is 0.907 bits per heavy atom. The molecule has 2 spiro atoms. The summed E-state index contributed by atoms with van der Waals surface area (Å²) < 4.78 is 0. The second kappa shape index (κ2) is 16.0. The number of hydrogen-bond acceptors (Lipinski definition) is 1. The Morgan fingerprint density at radius 1 is 0.200 bits per heavy atom.